The Kier molecular flexibility index (Phi) is 4.73. The van der Waals surface area contributed by atoms with Gasteiger partial charge in [-0.25, -0.2) is 4.98 Å². The SMILES string of the molecule is OCc1ccnc(OCCCc2ccccc2)c1. The minimum atomic E-state index is 0.0168. The maximum absolute atomic E-state index is 9.00. The molecule has 0 amide bonds. The van der Waals surface area contributed by atoms with Crippen LogP contribution in [0.5, 0.6) is 5.88 Å². The topological polar surface area (TPSA) is 42.4 Å². The zero-order valence-electron chi connectivity index (χ0n) is 10.2. The van der Waals surface area contributed by atoms with E-state index in [-0.39, 0.29) is 6.61 Å². The van der Waals surface area contributed by atoms with Crippen LogP contribution in [0.1, 0.15) is 17.5 Å². The normalized spacial score (nSPS) is 10.3. The van der Waals surface area contributed by atoms with E-state index >= 15 is 0 Å². The lowest BCUT2D eigenvalue weighted by atomic mass is 10.1. The summed E-state index contributed by atoms with van der Waals surface area (Å²) in [6.07, 6.45) is 3.60. The summed E-state index contributed by atoms with van der Waals surface area (Å²) >= 11 is 0. The highest BCUT2D eigenvalue weighted by molar-refractivity contribution is 5.19. The van der Waals surface area contributed by atoms with E-state index in [0.29, 0.717) is 12.5 Å². The first kappa shape index (κ1) is 12.6. The Hall–Kier alpha value is -1.87. The van der Waals surface area contributed by atoms with Crippen LogP contribution >= 0.6 is 0 Å². The number of aliphatic hydroxyl groups excluding tert-OH is 1. The van der Waals surface area contributed by atoms with E-state index < -0.39 is 0 Å². The summed E-state index contributed by atoms with van der Waals surface area (Å²) in [4.78, 5) is 4.10. The Morgan fingerprint density at radius 2 is 1.89 bits per heavy atom. The predicted octanol–water partition coefficient (Wildman–Crippen LogP) is 2.59. The van der Waals surface area contributed by atoms with E-state index in [1.165, 1.54) is 5.56 Å². The average Bonchev–Trinajstić information content (AvgIpc) is 2.45. The maximum atomic E-state index is 9.00. The molecule has 0 saturated heterocycles. The molecule has 0 fully saturated rings. The maximum Gasteiger partial charge on any atom is 0.213 e. The van der Waals surface area contributed by atoms with Crippen molar-refractivity contribution in [3.63, 3.8) is 0 Å². The summed E-state index contributed by atoms with van der Waals surface area (Å²) in [5.74, 6) is 0.578. The number of aliphatic hydroxyl groups is 1. The summed E-state index contributed by atoms with van der Waals surface area (Å²) < 4.78 is 5.55. The molecule has 0 radical (unpaired) electrons. The smallest absolute Gasteiger partial charge is 0.213 e. The number of hydrogen-bond acceptors (Lipinski definition) is 3. The van der Waals surface area contributed by atoms with Crippen LogP contribution in [0, 0.1) is 0 Å². The van der Waals surface area contributed by atoms with Gasteiger partial charge in [0, 0.05) is 12.3 Å². The van der Waals surface area contributed by atoms with E-state index in [2.05, 4.69) is 17.1 Å². The molecular weight excluding hydrogens is 226 g/mol. The Morgan fingerprint density at radius 3 is 2.67 bits per heavy atom. The molecule has 0 spiro atoms. The molecule has 3 nitrogen and oxygen atoms in total. The number of rotatable bonds is 6. The van der Waals surface area contributed by atoms with Gasteiger partial charge < -0.3 is 9.84 Å². The molecule has 1 N–H and O–H groups in total. The highest BCUT2D eigenvalue weighted by Crippen LogP contribution is 2.10. The van der Waals surface area contributed by atoms with Gasteiger partial charge in [0.2, 0.25) is 5.88 Å². The largest absolute Gasteiger partial charge is 0.478 e. The predicted molar refractivity (Wildman–Crippen MR) is 70.4 cm³/mol. The number of benzene rings is 1. The third-order valence-electron chi connectivity index (χ3n) is 2.68. The van der Waals surface area contributed by atoms with Gasteiger partial charge in [0.1, 0.15) is 0 Å². The molecule has 1 aromatic heterocycles. The van der Waals surface area contributed by atoms with Crippen LogP contribution in [0.2, 0.25) is 0 Å². The Balaban J connectivity index is 1.75. The van der Waals surface area contributed by atoms with Gasteiger partial charge >= 0.3 is 0 Å². The second-order valence-electron chi connectivity index (χ2n) is 4.10. The van der Waals surface area contributed by atoms with E-state index in [4.69, 9.17) is 9.84 Å². The molecule has 0 unspecified atom stereocenters. The first-order valence-corrected chi connectivity index (χ1v) is 6.11. The number of nitrogens with zero attached hydrogens (tertiary/aromatic N) is 1. The number of aromatic nitrogens is 1. The first-order chi connectivity index (χ1) is 8.88. The van der Waals surface area contributed by atoms with E-state index in [9.17, 15) is 0 Å². The molecule has 0 aliphatic carbocycles. The van der Waals surface area contributed by atoms with Gasteiger partial charge in [-0.05, 0) is 30.0 Å². The van der Waals surface area contributed by atoms with Crippen molar-refractivity contribution < 1.29 is 9.84 Å². The van der Waals surface area contributed by atoms with Gasteiger partial charge in [-0.15, -0.1) is 0 Å². The minimum absolute atomic E-state index is 0.0168. The molecule has 1 aromatic carbocycles. The van der Waals surface area contributed by atoms with Crippen molar-refractivity contribution in [2.24, 2.45) is 0 Å². The second kappa shape index (κ2) is 6.77. The summed E-state index contributed by atoms with van der Waals surface area (Å²) in [5.41, 5.74) is 2.14. The second-order valence-corrected chi connectivity index (χ2v) is 4.10. The first-order valence-electron chi connectivity index (χ1n) is 6.11. The summed E-state index contributed by atoms with van der Waals surface area (Å²) in [7, 11) is 0. The van der Waals surface area contributed by atoms with E-state index in [1.54, 1.807) is 18.3 Å². The summed E-state index contributed by atoms with van der Waals surface area (Å²) in [6, 6.07) is 13.9. The van der Waals surface area contributed by atoms with Gasteiger partial charge in [0.15, 0.2) is 0 Å². The summed E-state index contributed by atoms with van der Waals surface area (Å²) in [5, 5.41) is 9.00. The average molecular weight is 243 g/mol. The van der Waals surface area contributed by atoms with Crippen LogP contribution in [0.3, 0.4) is 0 Å². The van der Waals surface area contributed by atoms with Crippen molar-refractivity contribution in [1.82, 2.24) is 4.98 Å². The van der Waals surface area contributed by atoms with E-state index in [1.807, 2.05) is 18.2 Å². The Morgan fingerprint density at radius 1 is 1.06 bits per heavy atom. The third-order valence-corrected chi connectivity index (χ3v) is 2.68. The van der Waals surface area contributed by atoms with Crippen molar-refractivity contribution in [2.75, 3.05) is 6.61 Å². The fourth-order valence-corrected chi connectivity index (χ4v) is 1.73. The lowest BCUT2D eigenvalue weighted by Crippen LogP contribution is -2.01. The van der Waals surface area contributed by atoms with Crippen LogP contribution in [0.25, 0.3) is 0 Å². The van der Waals surface area contributed by atoms with Crippen molar-refractivity contribution in [3.8, 4) is 5.88 Å². The van der Waals surface area contributed by atoms with Crippen LogP contribution in [-0.4, -0.2) is 16.7 Å². The van der Waals surface area contributed by atoms with Gasteiger partial charge in [-0.3, -0.25) is 0 Å². The lowest BCUT2D eigenvalue weighted by molar-refractivity contribution is 0.276. The van der Waals surface area contributed by atoms with Crippen LogP contribution in [0.4, 0.5) is 0 Å². The van der Waals surface area contributed by atoms with Crippen LogP contribution in [-0.2, 0) is 13.0 Å². The fraction of sp³-hybridized carbons (Fsp3) is 0.267. The molecular formula is C15H17NO2. The molecule has 3 heteroatoms. The zero-order valence-corrected chi connectivity index (χ0v) is 10.2. The highest BCUT2D eigenvalue weighted by atomic mass is 16.5. The fourth-order valence-electron chi connectivity index (χ4n) is 1.73. The molecule has 1 heterocycles. The van der Waals surface area contributed by atoms with Gasteiger partial charge in [0.25, 0.3) is 0 Å². The quantitative estimate of drug-likeness (QED) is 0.793. The molecule has 0 bridgehead atoms. The van der Waals surface area contributed by atoms with Crippen molar-refractivity contribution in [1.29, 1.82) is 0 Å². The molecule has 94 valence electrons. The van der Waals surface area contributed by atoms with Crippen molar-refractivity contribution in [2.45, 2.75) is 19.4 Å². The van der Waals surface area contributed by atoms with Gasteiger partial charge in [-0.2, -0.15) is 0 Å². The number of aryl methyl sites for hydroxylation is 1. The molecule has 0 aliphatic heterocycles. The number of ether oxygens (including phenoxy) is 1. The van der Waals surface area contributed by atoms with Crippen LogP contribution in [0.15, 0.2) is 48.7 Å². The lowest BCUT2D eigenvalue weighted by Gasteiger charge is -2.06. The van der Waals surface area contributed by atoms with Crippen molar-refractivity contribution in [3.05, 3.63) is 59.8 Å². The van der Waals surface area contributed by atoms with E-state index in [0.717, 1.165) is 18.4 Å². The van der Waals surface area contributed by atoms with Gasteiger partial charge in [0.05, 0.1) is 13.2 Å². The minimum Gasteiger partial charge on any atom is -0.478 e. The highest BCUT2D eigenvalue weighted by Gasteiger charge is 1.98. The molecule has 0 aliphatic rings. The third kappa shape index (κ3) is 3.86. The zero-order chi connectivity index (χ0) is 12.6. The molecule has 0 atom stereocenters. The monoisotopic (exact) mass is 243 g/mol. The Bertz CT molecular complexity index is 471. The molecule has 0 saturated carbocycles. The van der Waals surface area contributed by atoms with Crippen LogP contribution < -0.4 is 4.74 Å². The molecule has 18 heavy (non-hydrogen) atoms. The summed E-state index contributed by atoms with van der Waals surface area (Å²) in [6.45, 7) is 0.652. The van der Waals surface area contributed by atoms with Gasteiger partial charge in [-0.1, -0.05) is 30.3 Å². The Labute approximate surface area is 107 Å². The molecule has 2 aromatic rings. The number of hydrogen-bond donors (Lipinski definition) is 1. The van der Waals surface area contributed by atoms with Crippen molar-refractivity contribution >= 4 is 0 Å². The molecule has 2 rings (SSSR count). The standard InChI is InChI=1S/C15H17NO2/c17-12-14-8-9-16-15(11-14)18-10-4-7-13-5-2-1-3-6-13/h1-3,5-6,8-9,11,17H,4,7,10,12H2. The number of pyridine rings is 1.